The van der Waals surface area contributed by atoms with Crippen molar-refractivity contribution >= 4 is 10.0 Å². The Morgan fingerprint density at radius 2 is 1.59 bits per heavy atom. The maximum Gasteiger partial charge on any atom is 0.243 e. The highest BCUT2D eigenvalue weighted by Gasteiger charge is 2.25. The summed E-state index contributed by atoms with van der Waals surface area (Å²) in [6.45, 7) is 5.96. The Kier molecular flexibility index (Phi) is 4.71. The normalized spacial score (nSPS) is 12.4. The van der Waals surface area contributed by atoms with Gasteiger partial charge in [-0.3, -0.25) is 0 Å². The Balaban J connectivity index is 3.06. The number of hydrogen-bond donors (Lipinski definition) is 0. The molecule has 0 unspecified atom stereocenters. The van der Waals surface area contributed by atoms with Gasteiger partial charge in [0.2, 0.25) is 10.0 Å². The second-order valence-corrected chi connectivity index (χ2v) is 6.30. The third-order valence-corrected chi connectivity index (χ3v) is 5.08. The Labute approximate surface area is 105 Å². The molecule has 3 nitrogen and oxygen atoms in total. The summed E-state index contributed by atoms with van der Waals surface area (Å²) in [5.74, 6) is 0. The number of benzene rings is 1. The van der Waals surface area contributed by atoms with Crippen molar-refractivity contribution in [3.05, 3.63) is 29.8 Å². The second-order valence-electron chi connectivity index (χ2n) is 4.30. The van der Waals surface area contributed by atoms with Gasteiger partial charge < -0.3 is 0 Å². The number of nitrogens with zero attached hydrogens (tertiary/aromatic N) is 1. The van der Waals surface area contributed by atoms with Crippen LogP contribution in [0.1, 0.15) is 32.3 Å². The van der Waals surface area contributed by atoms with E-state index in [1.807, 2.05) is 32.9 Å². The average molecular weight is 255 g/mol. The lowest BCUT2D eigenvalue weighted by Crippen LogP contribution is -2.36. The van der Waals surface area contributed by atoms with Crippen molar-refractivity contribution in [3.8, 4) is 0 Å². The minimum absolute atomic E-state index is 0.0707. The average Bonchev–Trinajstić information content (AvgIpc) is 2.31. The van der Waals surface area contributed by atoms with E-state index >= 15 is 0 Å². The molecular weight excluding hydrogens is 234 g/mol. The molecule has 0 N–H and O–H groups in total. The Morgan fingerprint density at radius 1 is 1.12 bits per heavy atom. The van der Waals surface area contributed by atoms with Crippen LogP contribution in [0.2, 0.25) is 0 Å². The predicted octanol–water partition coefficient (Wildman–Crippen LogP) is 2.80. The van der Waals surface area contributed by atoms with E-state index in [1.54, 1.807) is 19.2 Å². The molecular formula is C13H21NO2S. The van der Waals surface area contributed by atoms with Gasteiger partial charge in [-0.05, 0) is 31.9 Å². The van der Waals surface area contributed by atoms with Crippen LogP contribution in [0.5, 0.6) is 0 Å². The van der Waals surface area contributed by atoms with Gasteiger partial charge in [0.25, 0.3) is 0 Å². The zero-order valence-electron chi connectivity index (χ0n) is 11.0. The molecule has 0 amide bonds. The van der Waals surface area contributed by atoms with E-state index in [0.29, 0.717) is 4.90 Å². The van der Waals surface area contributed by atoms with Crippen LogP contribution in [0.15, 0.2) is 29.2 Å². The maximum absolute atomic E-state index is 12.3. The van der Waals surface area contributed by atoms with Crippen molar-refractivity contribution in [2.75, 3.05) is 7.05 Å². The Bertz CT molecular complexity index is 447. The summed E-state index contributed by atoms with van der Waals surface area (Å²) in [5, 5.41) is 0. The molecule has 4 heteroatoms. The number of rotatable bonds is 5. The van der Waals surface area contributed by atoms with Gasteiger partial charge in [0.1, 0.15) is 0 Å². The van der Waals surface area contributed by atoms with Crippen LogP contribution in [-0.4, -0.2) is 25.8 Å². The first-order valence-corrected chi connectivity index (χ1v) is 7.42. The van der Waals surface area contributed by atoms with E-state index in [9.17, 15) is 8.42 Å². The molecule has 0 atom stereocenters. The third-order valence-electron chi connectivity index (χ3n) is 3.15. The summed E-state index contributed by atoms with van der Waals surface area (Å²) < 4.78 is 26.1. The highest BCUT2D eigenvalue weighted by Crippen LogP contribution is 2.19. The van der Waals surface area contributed by atoms with Crippen molar-refractivity contribution in [2.45, 2.75) is 44.6 Å². The largest absolute Gasteiger partial charge is 0.243 e. The van der Waals surface area contributed by atoms with Crippen LogP contribution < -0.4 is 0 Å². The van der Waals surface area contributed by atoms with Gasteiger partial charge in [0.05, 0.1) is 4.90 Å². The molecule has 0 bridgehead atoms. The van der Waals surface area contributed by atoms with Crippen LogP contribution in [0.3, 0.4) is 0 Å². The topological polar surface area (TPSA) is 37.4 Å². The molecule has 0 spiro atoms. The molecule has 1 aromatic carbocycles. The summed E-state index contributed by atoms with van der Waals surface area (Å²) in [7, 11) is -1.69. The molecule has 0 saturated heterocycles. The van der Waals surface area contributed by atoms with Gasteiger partial charge in [0.15, 0.2) is 0 Å². The molecule has 0 aliphatic heterocycles. The van der Waals surface area contributed by atoms with E-state index < -0.39 is 10.0 Å². The number of hydrogen-bond acceptors (Lipinski definition) is 2. The smallest absolute Gasteiger partial charge is 0.207 e. The lowest BCUT2D eigenvalue weighted by atomic mass is 10.2. The van der Waals surface area contributed by atoms with Crippen molar-refractivity contribution in [3.63, 3.8) is 0 Å². The molecule has 0 heterocycles. The predicted molar refractivity (Wildman–Crippen MR) is 70.5 cm³/mol. The van der Waals surface area contributed by atoms with Gasteiger partial charge >= 0.3 is 0 Å². The van der Waals surface area contributed by atoms with Gasteiger partial charge in [-0.2, -0.15) is 4.31 Å². The van der Waals surface area contributed by atoms with Crippen LogP contribution in [-0.2, 0) is 10.0 Å². The summed E-state index contributed by atoms with van der Waals surface area (Å²) >= 11 is 0. The lowest BCUT2D eigenvalue weighted by molar-refractivity contribution is 0.349. The van der Waals surface area contributed by atoms with E-state index in [-0.39, 0.29) is 6.04 Å². The van der Waals surface area contributed by atoms with E-state index in [0.717, 1.165) is 18.4 Å². The Morgan fingerprint density at radius 3 is 2.00 bits per heavy atom. The van der Waals surface area contributed by atoms with Crippen LogP contribution >= 0.6 is 0 Å². The minimum atomic E-state index is -3.35. The molecule has 0 aliphatic carbocycles. The van der Waals surface area contributed by atoms with Gasteiger partial charge in [-0.15, -0.1) is 0 Å². The van der Waals surface area contributed by atoms with E-state index in [1.165, 1.54) is 4.31 Å². The number of aryl methyl sites for hydroxylation is 1. The van der Waals surface area contributed by atoms with E-state index in [4.69, 9.17) is 0 Å². The molecule has 1 aromatic rings. The standard InChI is InChI=1S/C13H21NO2S/c1-5-12(6-2)14(4)17(15,16)13-9-7-11(3)8-10-13/h7-10,12H,5-6H2,1-4H3. The molecule has 0 fully saturated rings. The molecule has 0 saturated carbocycles. The van der Waals surface area contributed by atoms with Crippen LogP contribution in [0.25, 0.3) is 0 Å². The van der Waals surface area contributed by atoms with Gasteiger partial charge in [-0.1, -0.05) is 31.5 Å². The molecule has 0 aliphatic rings. The first-order chi connectivity index (χ1) is 7.93. The summed E-state index contributed by atoms with van der Waals surface area (Å²) in [6.07, 6.45) is 1.66. The maximum atomic E-state index is 12.3. The zero-order chi connectivity index (χ0) is 13.1. The quantitative estimate of drug-likeness (QED) is 0.811. The van der Waals surface area contributed by atoms with Gasteiger partial charge in [0, 0.05) is 13.1 Å². The fourth-order valence-electron chi connectivity index (χ4n) is 1.88. The molecule has 1 rings (SSSR count). The first kappa shape index (κ1) is 14.2. The fourth-order valence-corrected chi connectivity index (χ4v) is 3.38. The highest BCUT2D eigenvalue weighted by molar-refractivity contribution is 7.89. The summed E-state index contributed by atoms with van der Waals surface area (Å²) in [5.41, 5.74) is 1.06. The third kappa shape index (κ3) is 3.07. The van der Waals surface area contributed by atoms with E-state index in [2.05, 4.69) is 0 Å². The molecule has 96 valence electrons. The molecule has 17 heavy (non-hydrogen) atoms. The van der Waals surface area contributed by atoms with Crippen molar-refractivity contribution in [1.29, 1.82) is 0 Å². The first-order valence-electron chi connectivity index (χ1n) is 5.98. The highest BCUT2D eigenvalue weighted by atomic mass is 32.2. The molecule has 0 radical (unpaired) electrons. The minimum Gasteiger partial charge on any atom is -0.207 e. The van der Waals surface area contributed by atoms with Crippen molar-refractivity contribution in [1.82, 2.24) is 4.31 Å². The lowest BCUT2D eigenvalue weighted by Gasteiger charge is -2.25. The van der Waals surface area contributed by atoms with Gasteiger partial charge in [-0.25, -0.2) is 8.42 Å². The van der Waals surface area contributed by atoms with Crippen LogP contribution in [0, 0.1) is 6.92 Å². The zero-order valence-corrected chi connectivity index (χ0v) is 11.8. The Hall–Kier alpha value is -0.870. The monoisotopic (exact) mass is 255 g/mol. The molecule has 0 aromatic heterocycles. The van der Waals surface area contributed by atoms with Crippen LogP contribution in [0.4, 0.5) is 0 Å². The summed E-state index contributed by atoms with van der Waals surface area (Å²) in [6, 6.07) is 7.07. The number of sulfonamides is 1. The fraction of sp³-hybridized carbons (Fsp3) is 0.538. The SMILES string of the molecule is CCC(CC)N(C)S(=O)(=O)c1ccc(C)cc1. The second kappa shape index (κ2) is 5.65. The van der Waals surface area contributed by atoms with Crippen molar-refractivity contribution < 1.29 is 8.42 Å². The summed E-state index contributed by atoms with van der Waals surface area (Å²) in [4.78, 5) is 0.373. The van der Waals surface area contributed by atoms with Crippen molar-refractivity contribution in [2.24, 2.45) is 0 Å².